The molecule has 1 atom stereocenters. The second-order valence-electron chi connectivity index (χ2n) is 7.32. The monoisotopic (exact) mass is 254 g/mol. The lowest BCUT2D eigenvalue weighted by atomic mass is 9.91. The van der Waals surface area contributed by atoms with Gasteiger partial charge >= 0.3 is 0 Å². The van der Waals surface area contributed by atoms with Crippen LogP contribution in [0.2, 0.25) is 0 Å². The van der Waals surface area contributed by atoms with Gasteiger partial charge in [0.2, 0.25) is 0 Å². The molecule has 0 aromatic carbocycles. The van der Waals surface area contributed by atoms with Gasteiger partial charge in [-0.2, -0.15) is 0 Å². The first-order valence-corrected chi connectivity index (χ1v) is 7.41. The van der Waals surface area contributed by atoms with Crippen LogP contribution < -0.4 is 5.32 Å². The summed E-state index contributed by atoms with van der Waals surface area (Å²) in [5.74, 6) is 0.857. The van der Waals surface area contributed by atoms with Crippen LogP contribution in [0, 0.1) is 5.92 Å². The zero-order valence-corrected chi connectivity index (χ0v) is 12.8. The van der Waals surface area contributed by atoms with Gasteiger partial charge in [0.15, 0.2) is 0 Å². The highest BCUT2D eigenvalue weighted by Gasteiger charge is 2.47. The molecule has 0 aromatic heterocycles. The molecule has 0 bridgehead atoms. The summed E-state index contributed by atoms with van der Waals surface area (Å²) >= 11 is 0. The molecule has 2 saturated heterocycles. The van der Waals surface area contributed by atoms with Crippen molar-refractivity contribution in [3.05, 3.63) is 0 Å². The van der Waals surface area contributed by atoms with E-state index in [4.69, 9.17) is 4.74 Å². The summed E-state index contributed by atoms with van der Waals surface area (Å²) in [6, 6.07) is 0.544. The maximum atomic E-state index is 6.21. The summed E-state index contributed by atoms with van der Waals surface area (Å²) in [5, 5.41) is 3.44. The van der Waals surface area contributed by atoms with E-state index in [-0.39, 0.29) is 11.2 Å². The molecular formula is C15H30N2O. The molecular weight excluding hydrogens is 224 g/mol. The maximum absolute atomic E-state index is 6.21. The molecule has 0 aromatic rings. The summed E-state index contributed by atoms with van der Waals surface area (Å²) in [6.45, 7) is 12.5. The van der Waals surface area contributed by atoms with Crippen LogP contribution in [0.25, 0.3) is 0 Å². The topological polar surface area (TPSA) is 24.5 Å². The molecule has 0 radical (unpaired) electrons. The van der Waals surface area contributed by atoms with Gasteiger partial charge in [-0.15, -0.1) is 0 Å². The Bertz CT molecular complexity index is 282. The van der Waals surface area contributed by atoms with E-state index in [0.717, 1.165) is 12.3 Å². The van der Waals surface area contributed by atoms with Gasteiger partial charge < -0.3 is 15.0 Å². The minimum absolute atomic E-state index is 0.0227. The lowest BCUT2D eigenvalue weighted by molar-refractivity contribution is -0.0795. The predicted octanol–water partition coefficient (Wildman–Crippen LogP) is 2.26. The third-order valence-corrected chi connectivity index (χ3v) is 4.56. The van der Waals surface area contributed by atoms with Crippen LogP contribution in [0.4, 0.5) is 0 Å². The number of likely N-dealkylation sites (N-methyl/N-ethyl adjacent to an activating group) is 1. The van der Waals surface area contributed by atoms with E-state index in [1.54, 1.807) is 0 Å². The van der Waals surface area contributed by atoms with Crippen molar-refractivity contribution in [2.75, 3.05) is 26.7 Å². The molecule has 1 N–H and O–H groups in total. The molecule has 2 aliphatic heterocycles. The number of hydrogen-bond donors (Lipinski definition) is 1. The molecule has 18 heavy (non-hydrogen) atoms. The first kappa shape index (κ1) is 14.3. The molecule has 3 heteroatoms. The molecule has 2 fully saturated rings. The van der Waals surface area contributed by atoms with Gasteiger partial charge in [-0.25, -0.2) is 0 Å². The summed E-state index contributed by atoms with van der Waals surface area (Å²) in [6.07, 6.45) is 3.78. The summed E-state index contributed by atoms with van der Waals surface area (Å²) in [5.41, 5.74) is 0.00170. The van der Waals surface area contributed by atoms with Crippen molar-refractivity contribution in [2.24, 2.45) is 5.92 Å². The highest BCUT2D eigenvalue weighted by Crippen LogP contribution is 2.40. The zero-order chi connectivity index (χ0) is 13.4. The van der Waals surface area contributed by atoms with Crippen LogP contribution in [0.15, 0.2) is 0 Å². The lowest BCUT2D eigenvalue weighted by Crippen LogP contribution is -2.47. The largest absolute Gasteiger partial charge is 0.368 e. The maximum Gasteiger partial charge on any atom is 0.0789 e. The van der Waals surface area contributed by atoms with Crippen molar-refractivity contribution in [1.82, 2.24) is 10.2 Å². The second-order valence-corrected chi connectivity index (χ2v) is 7.32. The number of nitrogens with one attached hydrogen (secondary N) is 1. The van der Waals surface area contributed by atoms with Crippen molar-refractivity contribution in [3.8, 4) is 0 Å². The van der Waals surface area contributed by atoms with Crippen molar-refractivity contribution in [1.29, 1.82) is 0 Å². The SMILES string of the molecule is CN(CC1CCNCC1)C1CC(C)(C)OC1(C)C. The van der Waals surface area contributed by atoms with Gasteiger partial charge in [-0.05, 0) is 73.0 Å². The molecule has 2 heterocycles. The quantitative estimate of drug-likeness (QED) is 0.836. The van der Waals surface area contributed by atoms with E-state index in [1.807, 2.05) is 0 Å². The number of nitrogens with zero attached hydrogens (tertiary/aromatic N) is 1. The van der Waals surface area contributed by atoms with Gasteiger partial charge in [0.25, 0.3) is 0 Å². The zero-order valence-electron chi connectivity index (χ0n) is 12.8. The van der Waals surface area contributed by atoms with Crippen LogP contribution in [-0.4, -0.2) is 48.8 Å². The van der Waals surface area contributed by atoms with E-state index in [9.17, 15) is 0 Å². The van der Waals surface area contributed by atoms with Crippen LogP contribution in [0.1, 0.15) is 47.0 Å². The Kier molecular flexibility index (Phi) is 4.05. The average Bonchev–Trinajstić information content (AvgIpc) is 2.48. The molecule has 0 aliphatic carbocycles. The fourth-order valence-corrected chi connectivity index (χ4v) is 3.82. The molecule has 2 aliphatic rings. The first-order chi connectivity index (χ1) is 8.30. The third-order valence-electron chi connectivity index (χ3n) is 4.56. The predicted molar refractivity (Wildman–Crippen MR) is 75.9 cm³/mol. The minimum atomic E-state index is -0.0227. The summed E-state index contributed by atoms with van der Waals surface area (Å²) in [7, 11) is 2.28. The highest BCUT2D eigenvalue weighted by molar-refractivity contribution is 4.99. The molecule has 0 amide bonds. The van der Waals surface area contributed by atoms with Crippen LogP contribution in [0.5, 0.6) is 0 Å². The Morgan fingerprint density at radius 2 is 1.78 bits per heavy atom. The molecule has 106 valence electrons. The average molecular weight is 254 g/mol. The van der Waals surface area contributed by atoms with Gasteiger partial charge in [-0.1, -0.05) is 0 Å². The fourth-order valence-electron chi connectivity index (χ4n) is 3.82. The number of piperidine rings is 1. The minimum Gasteiger partial charge on any atom is -0.368 e. The van der Waals surface area contributed by atoms with E-state index >= 15 is 0 Å². The lowest BCUT2D eigenvalue weighted by Gasteiger charge is -2.36. The van der Waals surface area contributed by atoms with Crippen molar-refractivity contribution < 1.29 is 4.74 Å². The van der Waals surface area contributed by atoms with E-state index < -0.39 is 0 Å². The first-order valence-electron chi connectivity index (χ1n) is 7.41. The van der Waals surface area contributed by atoms with Crippen LogP contribution >= 0.6 is 0 Å². The van der Waals surface area contributed by atoms with E-state index in [1.165, 1.54) is 32.5 Å². The fraction of sp³-hybridized carbons (Fsp3) is 1.00. The van der Waals surface area contributed by atoms with Gasteiger partial charge in [0.1, 0.15) is 0 Å². The second kappa shape index (κ2) is 5.10. The van der Waals surface area contributed by atoms with Crippen molar-refractivity contribution in [3.63, 3.8) is 0 Å². The summed E-state index contributed by atoms with van der Waals surface area (Å²) in [4.78, 5) is 2.55. The Morgan fingerprint density at radius 3 is 2.28 bits per heavy atom. The van der Waals surface area contributed by atoms with Gasteiger partial charge in [0, 0.05) is 12.6 Å². The Labute approximate surface area is 112 Å². The summed E-state index contributed by atoms with van der Waals surface area (Å²) < 4.78 is 6.21. The van der Waals surface area contributed by atoms with E-state index in [2.05, 4.69) is 45.0 Å². The molecule has 2 rings (SSSR count). The van der Waals surface area contributed by atoms with E-state index in [0.29, 0.717) is 6.04 Å². The highest BCUT2D eigenvalue weighted by atomic mass is 16.5. The molecule has 0 spiro atoms. The Morgan fingerprint density at radius 1 is 1.17 bits per heavy atom. The molecule has 0 saturated carbocycles. The number of rotatable bonds is 3. The van der Waals surface area contributed by atoms with Crippen LogP contribution in [0.3, 0.4) is 0 Å². The normalized spacial score (nSPS) is 32.0. The van der Waals surface area contributed by atoms with Crippen molar-refractivity contribution >= 4 is 0 Å². The Balaban J connectivity index is 1.93. The number of ether oxygens (including phenoxy) is 1. The molecule has 3 nitrogen and oxygen atoms in total. The van der Waals surface area contributed by atoms with Gasteiger partial charge in [-0.3, -0.25) is 0 Å². The smallest absolute Gasteiger partial charge is 0.0789 e. The number of hydrogen-bond acceptors (Lipinski definition) is 3. The third kappa shape index (κ3) is 3.25. The molecule has 1 unspecified atom stereocenters. The standard InChI is InChI=1S/C15H30N2O/c1-14(2)10-13(15(3,4)18-14)17(5)11-12-6-8-16-9-7-12/h12-13,16H,6-11H2,1-5H3. The van der Waals surface area contributed by atoms with Gasteiger partial charge in [0.05, 0.1) is 11.2 Å². The van der Waals surface area contributed by atoms with Crippen molar-refractivity contribution in [2.45, 2.75) is 64.2 Å². The van der Waals surface area contributed by atoms with Crippen LogP contribution in [-0.2, 0) is 4.74 Å². The Hall–Kier alpha value is -0.120.